The van der Waals surface area contributed by atoms with Crippen molar-refractivity contribution in [3.8, 4) is 0 Å². The van der Waals surface area contributed by atoms with Gasteiger partial charge in [0.1, 0.15) is 0 Å². The molecule has 0 fully saturated rings. The van der Waals surface area contributed by atoms with Crippen LogP contribution in [-0.4, -0.2) is 18.5 Å². The highest BCUT2D eigenvalue weighted by atomic mass is 16.2. The van der Waals surface area contributed by atoms with Gasteiger partial charge in [0.15, 0.2) is 0 Å². The molecule has 0 atom stereocenters. The quantitative estimate of drug-likeness (QED) is 0.525. The molecular weight excluding hydrogens is 316 g/mol. The number of anilines is 3. The Morgan fingerprint density at radius 1 is 0.800 bits per heavy atom. The van der Waals surface area contributed by atoms with E-state index < -0.39 is 6.03 Å². The fourth-order valence-corrected chi connectivity index (χ4v) is 2.35. The van der Waals surface area contributed by atoms with Crippen molar-refractivity contribution < 1.29 is 9.59 Å². The molecule has 0 aliphatic carbocycles. The molecule has 0 aliphatic heterocycles. The predicted molar refractivity (Wildman–Crippen MR) is 101 cm³/mol. The molecule has 0 radical (unpaired) electrons. The van der Waals surface area contributed by atoms with Crippen LogP contribution in [0.25, 0.3) is 0 Å². The number of nitrogens with two attached hydrogens (primary N) is 1. The van der Waals surface area contributed by atoms with Crippen LogP contribution >= 0.6 is 0 Å². The topological polar surface area (TPSA) is 96.2 Å². The van der Waals surface area contributed by atoms with Gasteiger partial charge in [-0.1, -0.05) is 24.6 Å². The van der Waals surface area contributed by atoms with Gasteiger partial charge in [-0.3, -0.25) is 4.79 Å². The van der Waals surface area contributed by atoms with Crippen LogP contribution in [0, 0.1) is 0 Å². The molecule has 0 aliphatic rings. The lowest BCUT2D eigenvalue weighted by atomic mass is 10.2. The lowest BCUT2D eigenvalue weighted by Crippen LogP contribution is -2.29. The number of hydrogen-bond donors (Lipinski definition) is 4. The summed E-state index contributed by atoms with van der Waals surface area (Å²) in [5.74, 6) is -0.00775. The number of nitrogens with one attached hydrogen (secondary N) is 3. The fourth-order valence-electron chi connectivity index (χ4n) is 2.35. The number of rotatable bonds is 9. The molecule has 25 heavy (non-hydrogen) atoms. The van der Waals surface area contributed by atoms with Gasteiger partial charge in [0, 0.05) is 30.0 Å². The Balaban J connectivity index is 1.68. The van der Waals surface area contributed by atoms with Crippen molar-refractivity contribution in [3.63, 3.8) is 0 Å². The van der Waals surface area contributed by atoms with Gasteiger partial charge in [0.25, 0.3) is 0 Å². The first-order chi connectivity index (χ1) is 12.1. The van der Waals surface area contributed by atoms with Gasteiger partial charge in [-0.25, -0.2) is 4.79 Å². The van der Waals surface area contributed by atoms with E-state index >= 15 is 0 Å². The van der Waals surface area contributed by atoms with E-state index in [0.717, 1.165) is 36.3 Å². The zero-order valence-corrected chi connectivity index (χ0v) is 14.1. The molecule has 0 saturated heterocycles. The second kappa shape index (κ2) is 9.97. The lowest BCUT2D eigenvalue weighted by Gasteiger charge is -2.09. The summed E-state index contributed by atoms with van der Waals surface area (Å²) in [5, 5.41) is 8.71. The number of urea groups is 1. The van der Waals surface area contributed by atoms with E-state index in [9.17, 15) is 9.59 Å². The third kappa shape index (κ3) is 7.39. The maximum atomic E-state index is 11.9. The van der Waals surface area contributed by atoms with Gasteiger partial charge in [0.2, 0.25) is 5.91 Å². The van der Waals surface area contributed by atoms with Crippen molar-refractivity contribution in [2.24, 2.45) is 5.73 Å². The maximum Gasteiger partial charge on any atom is 0.312 e. The van der Waals surface area contributed by atoms with Crippen LogP contribution in [0.3, 0.4) is 0 Å². The first-order valence-electron chi connectivity index (χ1n) is 8.39. The summed E-state index contributed by atoms with van der Waals surface area (Å²) < 4.78 is 0. The number of benzene rings is 2. The molecule has 0 unspecified atom stereocenters. The SMILES string of the molecule is NC(=O)NCCCCCC(=O)Nc1ccc(Nc2ccccc2)cc1. The molecule has 6 heteroatoms. The Morgan fingerprint density at radius 2 is 1.44 bits per heavy atom. The summed E-state index contributed by atoms with van der Waals surface area (Å²) in [7, 11) is 0. The molecule has 0 spiro atoms. The normalized spacial score (nSPS) is 10.1. The number of hydrogen-bond acceptors (Lipinski definition) is 3. The predicted octanol–water partition coefficient (Wildman–Crippen LogP) is 3.60. The van der Waals surface area contributed by atoms with Crippen molar-refractivity contribution in [1.29, 1.82) is 0 Å². The number of primary amides is 1. The number of unbranched alkanes of at least 4 members (excludes halogenated alkanes) is 2. The van der Waals surface area contributed by atoms with Gasteiger partial charge in [-0.15, -0.1) is 0 Å². The monoisotopic (exact) mass is 340 g/mol. The average molecular weight is 340 g/mol. The van der Waals surface area contributed by atoms with Crippen LogP contribution in [0.2, 0.25) is 0 Å². The van der Waals surface area contributed by atoms with E-state index in [2.05, 4.69) is 16.0 Å². The Kier molecular flexibility index (Phi) is 7.31. The van der Waals surface area contributed by atoms with Crippen molar-refractivity contribution >= 4 is 29.0 Å². The van der Waals surface area contributed by atoms with Crippen molar-refractivity contribution in [1.82, 2.24) is 5.32 Å². The molecule has 0 saturated carbocycles. The summed E-state index contributed by atoms with van der Waals surface area (Å²) >= 11 is 0. The van der Waals surface area contributed by atoms with Gasteiger partial charge in [-0.2, -0.15) is 0 Å². The van der Waals surface area contributed by atoms with E-state index in [1.165, 1.54) is 0 Å². The number of para-hydroxylation sites is 1. The summed E-state index contributed by atoms with van der Waals surface area (Å²) in [6.07, 6.45) is 2.92. The van der Waals surface area contributed by atoms with Crippen LogP contribution in [-0.2, 0) is 4.79 Å². The maximum absolute atomic E-state index is 11.9. The van der Waals surface area contributed by atoms with Crippen molar-refractivity contribution in [3.05, 3.63) is 54.6 Å². The molecule has 0 heterocycles. The smallest absolute Gasteiger partial charge is 0.312 e. The lowest BCUT2D eigenvalue weighted by molar-refractivity contribution is -0.116. The molecule has 132 valence electrons. The largest absolute Gasteiger partial charge is 0.356 e. The Hall–Kier alpha value is -3.02. The Bertz CT molecular complexity index is 672. The summed E-state index contributed by atoms with van der Waals surface area (Å²) in [5.41, 5.74) is 7.74. The summed E-state index contributed by atoms with van der Waals surface area (Å²) in [6.45, 7) is 0.548. The molecule has 2 aromatic carbocycles. The van der Waals surface area contributed by atoms with E-state index in [4.69, 9.17) is 5.73 Å². The highest BCUT2D eigenvalue weighted by molar-refractivity contribution is 5.90. The first kappa shape index (κ1) is 18.3. The van der Waals surface area contributed by atoms with E-state index in [0.29, 0.717) is 13.0 Å². The van der Waals surface area contributed by atoms with Gasteiger partial charge >= 0.3 is 6.03 Å². The van der Waals surface area contributed by atoms with E-state index in [1.54, 1.807) is 0 Å². The second-order valence-electron chi connectivity index (χ2n) is 5.72. The van der Waals surface area contributed by atoms with Crippen molar-refractivity contribution in [2.45, 2.75) is 25.7 Å². The number of carbonyl (C=O) groups excluding carboxylic acids is 2. The molecule has 0 aromatic heterocycles. The zero-order valence-electron chi connectivity index (χ0n) is 14.1. The zero-order chi connectivity index (χ0) is 17.9. The Labute approximate surface area is 147 Å². The van der Waals surface area contributed by atoms with E-state index in [-0.39, 0.29) is 5.91 Å². The third-order valence-electron chi connectivity index (χ3n) is 3.61. The minimum atomic E-state index is -0.511. The van der Waals surface area contributed by atoms with Crippen LogP contribution in [0.4, 0.5) is 21.9 Å². The van der Waals surface area contributed by atoms with Gasteiger partial charge in [-0.05, 0) is 49.2 Å². The standard InChI is InChI=1S/C19H24N4O2/c20-19(25)21-14-6-2-5-9-18(24)23-17-12-10-16(11-13-17)22-15-7-3-1-4-8-15/h1,3-4,7-8,10-13,22H,2,5-6,9,14H2,(H,23,24)(H3,20,21,25). The average Bonchev–Trinajstić information content (AvgIpc) is 2.60. The fraction of sp³-hybridized carbons (Fsp3) is 0.263. The second-order valence-corrected chi connectivity index (χ2v) is 5.72. The highest BCUT2D eigenvalue weighted by Crippen LogP contribution is 2.18. The highest BCUT2D eigenvalue weighted by Gasteiger charge is 2.03. The van der Waals surface area contributed by atoms with Crippen LogP contribution in [0.15, 0.2) is 54.6 Å². The summed E-state index contributed by atoms with van der Waals surface area (Å²) in [6, 6.07) is 17.0. The van der Waals surface area contributed by atoms with Crippen molar-refractivity contribution in [2.75, 3.05) is 17.2 Å². The van der Waals surface area contributed by atoms with E-state index in [1.807, 2.05) is 54.6 Å². The summed E-state index contributed by atoms with van der Waals surface area (Å²) in [4.78, 5) is 22.4. The van der Waals surface area contributed by atoms with Crippen LogP contribution in [0.1, 0.15) is 25.7 Å². The molecule has 2 rings (SSSR count). The molecule has 5 N–H and O–H groups in total. The Morgan fingerprint density at radius 3 is 2.12 bits per heavy atom. The number of amides is 3. The molecule has 2 aromatic rings. The van der Waals surface area contributed by atoms with Gasteiger partial charge in [0.05, 0.1) is 0 Å². The third-order valence-corrected chi connectivity index (χ3v) is 3.61. The first-order valence-corrected chi connectivity index (χ1v) is 8.39. The molecule has 6 nitrogen and oxygen atoms in total. The molecular formula is C19H24N4O2. The minimum Gasteiger partial charge on any atom is -0.356 e. The van der Waals surface area contributed by atoms with Gasteiger partial charge < -0.3 is 21.7 Å². The molecule has 0 bridgehead atoms. The van der Waals surface area contributed by atoms with Crippen LogP contribution in [0.5, 0.6) is 0 Å². The minimum absolute atomic E-state index is 0.00775. The molecule has 3 amide bonds. The van der Waals surface area contributed by atoms with Crippen LogP contribution < -0.4 is 21.7 Å². The number of carbonyl (C=O) groups is 2.